The molecule has 0 fully saturated rings. The number of aromatic nitrogens is 3. The van der Waals surface area contributed by atoms with Gasteiger partial charge >= 0.3 is 0 Å². The van der Waals surface area contributed by atoms with Crippen LogP contribution in [0.2, 0.25) is 0 Å². The summed E-state index contributed by atoms with van der Waals surface area (Å²) in [6.45, 7) is 5.44. The van der Waals surface area contributed by atoms with Crippen LogP contribution in [-0.2, 0) is 20.2 Å². The summed E-state index contributed by atoms with van der Waals surface area (Å²) in [6.07, 6.45) is 1.68. The van der Waals surface area contributed by atoms with Crippen molar-refractivity contribution in [1.29, 1.82) is 0 Å². The summed E-state index contributed by atoms with van der Waals surface area (Å²) in [5.41, 5.74) is 3.56. The second-order valence-corrected chi connectivity index (χ2v) is 4.74. The molecule has 0 radical (unpaired) electrons. The van der Waals surface area contributed by atoms with E-state index in [4.69, 9.17) is 4.74 Å². The van der Waals surface area contributed by atoms with Crippen LogP contribution >= 0.6 is 0 Å². The molecule has 2 rings (SSSR count). The van der Waals surface area contributed by atoms with Crippen molar-refractivity contribution in [1.82, 2.24) is 20.1 Å². The predicted octanol–water partition coefficient (Wildman–Crippen LogP) is 1.73. The standard InChI is InChI=1S/C14H20N4O/c1-10-5-12(7-15-3)6-11(2)14(10)19-8-13-17-16-9-18(13)4/h5-6,9,15H,7-8H2,1-4H3. The molecule has 0 bridgehead atoms. The van der Waals surface area contributed by atoms with Crippen molar-refractivity contribution in [3.8, 4) is 5.75 Å². The van der Waals surface area contributed by atoms with E-state index >= 15 is 0 Å². The normalized spacial score (nSPS) is 10.7. The third-order valence-corrected chi connectivity index (χ3v) is 3.05. The van der Waals surface area contributed by atoms with Gasteiger partial charge in [0.1, 0.15) is 18.7 Å². The predicted molar refractivity (Wildman–Crippen MR) is 74.0 cm³/mol. The van der Waals surface area contributed by atoms with Crippen LogP contribution in [0.1, 0.15) is 22.5 Å². The molecule has 2 aromatic rings. The second kappa shape index (κ2) is 5.84. The molecule has 19 heavy (non-hydrogen) atoms. The zero-order chi connectivity index (χ0) is 13.8. The van der Waals surface area contributed by atoms with Gasteiger partial charge in [-0.05, 0) is 37.6 Å². The Morgan fingerprint density at radius 3 is 2.47 bits per heavy atom. The largest absolute Gasteiger partial charge is 0.485 e. The maximum absolute atomic E-state index is 5.88. The maximum atomic E-state index is 5.88. The van der Waals surface area contributed by atoms with Crippen LogP contribution in [0.3, 0.4) is 0 Å². The van der Waals surface area contributed by atoms with Crippen LogP contribution in [-0.4, -0.2) is 21.8 Å². The molecule has 1 heterocycles. The Morgan fingerprint density at radius 1 is 1.26 bits per heavy atom. The summed E-state index contributed by atoms with van der Waals surface area (Å²) >= 11 is 0. The molecule has 0 spiro atoms. The number of nitrogens with zero attached hydrogens (tertiary/aromatic N) is 3. The van der Waals surface area contributed by atoms with E-state index in [1.54, 1.807) is 6.33 Å². The van der Waals surface area contributed by atoms with Gasteiger partial charge in [0.25, 0.3) is 0 Å². The van der Waals surface area contributed by atoms with Crippen LogP contribution in [0.15, 0.2) is 18.5 Å². The number of hydrogen-bond acceptors (Lipinski definition) is 4. The first-order valence-corrected chi connectivity index (χ1v) is 6.32. The highest BCUT2D eigenvalue weighted by atomic mass is 16.5. The third kappa shape index (κ3) is 3.12. The van der Waals surface area contributed by atoms with E-state index in [0.717, 1.165) is 29.2 Å². The molecule has 1 N–H and O–H groups in total. The number of nitrogens with one attached hydrogen (secondary N) is 1. The van der Waals surface area contributed by atoms with Gasteiger partial charge in [-0.25, -0.2) is 0 Å². The molecule has 0 saturated heterocycles. The van der Waals surface area contributed by atoms with E-state index in [1.165, 1.54) is 5.56 Å². The molecule has 0 saturated carbocycles. The first-order valence-electron chi connectivity index (χ1n) is 6.32. The Labute approximate surface area is 113 Å². The second-order valence-electron chi connectivity index (χ2n) is 4.74. The van der Waals surface area contributed by atoms with Crippen LogP contribution in [0, 0.1) is 13.8 Å². The minimum Gasteiger partial charge on any atom is -0.485 e. The van der Waals surface area contributed by atoms with E-state index in [0.29, 0.717) is 6.61 Å². The van der Waals surface area contributed by atoms with E-state index in [-0.39, 0.29) is 0 Å². The number of rotatable bonds is 5. The fourth-order valence-corrected chi connectivity index (χ4v) is 2.15. The number of aryl methyl sites for hydroxylation is 3. The fraction of sp³-hybridized carbons (Fsp3) is 0.429. The van der Waals surface area contributed by atoms with Crippen LogP contribution in [0.25, 0.3) is 0 Å². The molecule has 0 aliphatic heterocycles. The Balaban J connectivity index is 2.14. The van der Waals surface area contributed by atoms with E-state index in [2.05, 4.69) is 41.5 Å². The van der Waals surface area contributed by atoms with Crippen molar-refractivity contribution in [2.24, 2.45) is 7.05 Å². The molecular formula is C14H20N4O. The smallest absolute Gasteiger partial charge is 0.170 e. The molecule has 5 nitrogen and oxygen atoms in total. The number of ether oxygens (including phenoxy) is 1. The molecule has 1 aromatic heterocycles. The molecule has 1 aromatic carbocycles. The molecule has 5 heteroatoms. The molecule has 0 amide bonds. The van der Waals surface area contributed by atoms with Crippen molar-refractivity contribution in [3.05, 3.63) is 41.0 Å². The van der Waals surface area contributed by atoms with Gasteiger partial charge in [-0.1, -0.05) is 12.1 Å². The summed E-state index contributed by atoms with van der Waals surface area (Å²) in [6, 6.07) is 4.30. The Bertz CT molecular complexity index is 539. The summed E-state index contributed by atoms with van der Waals surface area (Å²) < 4.78 is 7.74. The fourth-order valence-electron chi connectivity index (χ4n) is 2.15. The molecule has 102 valence electrons. The topological polar surface area (TPSA) is 52.0 Å². The van der Waals surface area contributed by atoms with Crippen LogP contribution < -0.4 is 10.1 Å². The van der Waals surface area contributed by atoms with Crippen molar-refractivity contribution in [2.45, 2.75) is 27.0 Å². The van der Waals surface area contributed by atoms with Gasteiger partial charge in [0.05, 0.1) is 0 Å². The average Bonchev–Trinajstić information content (AvgIpc) is 2.74. The lowest BCUT2D eigenvalue weighted by molar-refractivity contribution is 0.287. The van der Waals surface area contributed by atoms with Crippen molar-refractivity contribution < 1.29 is 4.74 Å². The minimum absolute atomic E-state index is 0.434. The average molecular weight is 260 g/mol. The molecule has 0 aliphatic rings. The maximum Gasteiger partial charge on any atom is 0.170 e. The summed E-state index contributed by atoms with van der Waals surface area (Å²) in [5.74, 6) is 1.75. The monoisotopic (exact) mass is 260 g/mol. The lowest BCUT2D eigenvalue weighted by atomic mass is 10.1. The van der Waals surface area contributed by atoms with Crippen LogP contribution in [0.4, 0.5) is 0 Å². The molecule has 0 aliphatic carbocycles. The Hall–Kier alpha value is -1.88. The third-order valence-electron chi connectivity index (χ3n) is 3.05. The minimum atomic E-state index is 0.434. The lowest BCUT2D eigenvalue weighted by Crippen LogP contribution is -2.08. The first kappa shape index (κ1) is 13.5. The van der Waals surface area contributed by atoms with Gasteiger partial charge in [-0.15, -0.1) is 10.2 Å². The van der Waals surface area contributed by atoms with E-state index < -0.39 is 0 Å². The zero-order valence-corrected chi connectivity index (χ0v) is 11.9. The number of benzene rings is 1. The Morgan fingerprint density at radius 2 is 1.95 bits per heavy atom. The SMILES string of the molecule is CNCc1cc(C)c(OCc2nncn2C)c(C)c1. The highest BCUT2D eigenvalue weighted by molar-refractivity contribution is 5.43. The number of hydrogen-bond donors (Lipinski definition) is 1. The summed E-state index contributed by atoms with van der Waals surface area (Å²) in [5, 5.41) is 11.0. The van der Waals surface area contributed by atoms with Crippen molar-refractivity contribution in [3.63, 3.8) is 0 Å². The van der Waals surface area contributed by atoms with Crippen LogP contribution in [0.5, 0.6) is 5.75 Å². The molecule has 0 unspecified atom stereocenters. The highest BCUT2D eigenvalue weighted by Crippen LogP contribution is 2.25. The van der Waals surface area contributed by atoms with Gasteiger partial charge in [0.15, 0.2) is 5.82 Å². The Kier molecular flexibility index (Phi) is 4.16. The molecule has 0 atom stereocenters. The highest BCUT2D eigenvalue weighted by Gasteiger charge is 2.08. The van der Waals surface area contributed by atoms with Crippen molar-refractivity contribution in [2.75, 3.05) is 7.05 Å². The van der Waals surface area contributed by atoms with Gasteiger partial charge in [-0.2, -0.15) is 0 Å². The van der Waals surface area contributed by atoms with Crippen molar-refractivity contribution >= 4 is 0 Å². The first-order chi connectivity index (χ1) is 9.11. The summed E-state index contributed by atoms with van der Waals surface area (Å²) in [7, 11) is 3.86. The zero-order valence-electron chi connectivity index (χ0n) is 11.9. The van der Waals surface area contributed by atoms with Gasteiger partial charge in [0.2, 0.25) is 0 Å². The van der Waals surface area contributed by atoms with E-state index in [9.17, 15) is 0 Å². The lowest BCUT2D eigenvalue weighted by Gasteiger charge is -2.13. The molecular weight excluding hydrogens is 240 g/mol. The quantitative estimate of drug-likeness (QED) is 0.889. The van der Waals surface area contributed by atoms with E-state index in [1.807, 2.05) is 18.7 Å². The summed E-state index contributed by atoms with van der Waals surface area (Å²) in [4.78, 5) is 0. The van der Waals surface area contributed by atoms with Gasteiger partial charge in [0, 0.05) is 13.6 Å². The van der Waals surface area contributed by atoms with Gasteiger partial charge < -0.3 is 14.6 Å². The van der Waals surface area contributed by atoms with Gasteiger partial charge in [-0.3, -0.25) is 0 Å².